The van der Waals surface area contributed by atoms with Crippen molar-refractivity contribution in [1.29, 1.82) is 0 Å². The average Bonchev–Trinajstić information content (AvgIpc) is 2.48. The van der Waals surface area contributed by atoms with Crippen molar-refractivity contribution in [3.63, 3.8) is 0 Å². The highest BCUT2D eigenvalue weighted by molar-refractivity contribution is 5.97. The molecule has 23 heavy (non-hydrogen) atoms. The molecule has 0 amide bonds. The Hall–Kier alpha value is -1.92. The molecule has 122 valence electrons. The lowest BCUT2D eigenvalue weighted by molar-refractivity contribution is -0.683. The number of ketones is 2. The van der Waals surface area contributed by atoms with Gasteiger partial charge >= 0.3 is 0 Å². The molecule has 0 saturated carbocycles. The van der Waals surface area contributed by atoms with Crippen molar-refractivity contribution in [3.8, 4) is 0 Å². The maximum Gasteiger partial charge on any atom is 0.227 e. The Bertz CT molecular complexity index is 670. The third-order valence-corrected chi connectivity index (χ3v) is 3.17. The number of hydrogen-bond donors (Lipinski definition) is 0. The monoisotopic (exact) mass is 380 g/mol. The molecule has 0 saturated heterocycles. The second-order valence-electron chi connectivity index (χ2n) is 5.35. The summed E-state index contributed by atoms with van der Waals surface area (Å²) in [5.41, 5.74) is 1.07. The lowest BCUT2D eigenvalue weighted by Crippen LogP contribution is -3.00. The molecule has 1 aromatic heterocycles. The minimum absolute atomic E-state index is 0. The van der Waals surface area contributed by atoms with Gasteiger partial charge in [0.25, 0.3) is 0 Å². The first-order valence-corrected chi connectivity index (χ1v) is 6.91. The van der Waals surface area contributed by atoms with E-state index >= 15 is 0 Å². The Balaban J connectivity index is 0.00000264. The molecule has 6 heteroatoms. The van der Waals surface area contributed by atoms with Crippen LogP contribution in [0.5, 0.6) is 0 Å². The van der Waals surface area contributed by atoms with Crippen LogP contribution in [0, 0.1) is 5.82 Å². The number of rotatable bonds is 6. The molecule has 0 aliphatic carbocycles. The molecular weight excluding hydrogens is 363 g/mol. The summed E-state index contributed by atoms with van der Waals surface area (Å²) < 4.78 is 14.5. The number of hydrogen-bond acceptors (Lipinski definition) is 3. The van der Waals surface area contributed by atoms with E-state index < -0.39 is 0 Å². The lowest BCUT2D eigenvalue weighted by atomic mass is 10.1. The van der Waals surface area contributed by atoms with E-state index in [-0.39, 0.29) is 40.9 Å². The number of likely N-dealkylation sites (N-methyl/N-ethyl adjacent to an activating group) is 1. The summed E-state index contributed by atoms with van der Waals surface area (Å²) in [6.45, 7) is 0.492. The molecule has 0 radical (unpaired) electrons. The fraction of sp³-hybridized carbons (Fsp3) is 0.235. The van der Waals surface area contributed by atoms with Crippen LogP contribution in [0.2, 0.25) is 0 Å². The second kappa shape index (κ2) is 8.64. The fourth-order valence-electron chi connectivity index (χ4n) is 2.02. The Labute approximate surface area is 145 Å². The minimum atomic E-state index is -0.368. The van der Waals surface area contributed by atoms with Crippen molar-refractivity contribution in [2.24, 2.45) is 0 Å². The molecule has 0 bridgehead atoms. The van der Waals surface area contributed by atoms with E-state index in [1.807, 2.05) is 14.1 Å². The SMILES string of the molecule is CN(C)CC(=O)c1cc[n+](CC(=O)c2ccc(F)cc2)cc1.[Br-]. The summed E-state index contributed by atoms with van der Waals surface area (Å²) in [6, 6.07) is 8.86. The number of halogens is 2. The van der Waals surface area contributed by atoms with Gasteiger partial charge in [-0.3, -0.25) is 9.59 Å². The Morgan fingerprint density at radius 3 is 2.00 bits per heavy atom. The van der Waals surface area contributed by atoms with Crippen LogP contribution in [-0.4, -0.2) is 37.1 Å². The van der Waals surface area contributed by atoms with Crippen LogP contribution < -0.4 is 21.5 Å². The van der Waals surface area contributed by atoms with E-state index in [9.17, 15) is 14.0 Å². The molecule has 4 nitrogen and oxygen atoms in total. The molecule has 1 aromatic carbocycles. The van der Waals surface area contributed by atoms with Crippen LogP contribution in [-0.2, 0) is 6.54 Å². The molecule has 0 aliphatic heterocycles. The van der Waals surface area contributed by atoms with Crippen LogP contribution in [0.15, 0.2) is 48.8 Å². The van der Waals surface area contributed by atoms with Gasteiger partial charge in [0, 0.05) is 23.3 Å². The van der Waals surface area contributed by atoms with Gasteiger partial charge < -0.3 is 21.9 Å². The van der Waals surface area contributed by atoms with Crippen molar-refractivity contribution < 1.29 is 35.5 Å². The number of aromatic nitrogens is 1. The normalized spacial score (nSPS) is 10.3. The summed E-state index contributed by atoms with van der Waals surface area (Å²) in [5.74, 6) is -0.452. The van der Waals surface area contributed by atoms with E-state index in [0.717, 1.165) is 0 Å². The molecule has 1 heterocycles. The predicted molar refractivity (Wildman–Crippen MR) is 80.3 cm³/mol. The molecule has 0 fully saturated rings. The van der Waals surface area contributed by atoms with Crippen LogP contribution >= 0.6 is 0 Å². The second-order valence-corrected chi connectivity index (χ2v) is 5.35. The zero-order valence-corrected chi connectivity index (χ0v) is 14.6. The molecule has 0 spiro atoms. The molecule has 2 aromatic rings. The van der Waals surface area contributed by atoms with Crippen molar-refractivity contribution in [1.82, 2.24) is 4.90 Å². The largest absolute Gasteiger partial charge is 1.00 e. The highest BCUT2D eigenvalue weighted by Crippen LogP contribution is 2.04. The maximum atomic E-state index is 12.8. The first kappa shape index (κ1) is 19.1. The maximum absolute atomic E-state index is 12.8. The van der Waals surface area contributed by atoms with Crippen molar-refractivity contribution in [3.05, 3.63) is 65.7 Å². The first-order valence-electron chi connectivity index (χ1n) is 6.91. The Morgan fingerprint density at radius 1 is 0.957 bits per heavy atom. The standard InChI is InChI=1S/C17H18FN2O2.BrH/c1-19(2)11-16(21)14-7-9-20(10-8-14)12-17(22)13-3-5-15(18)6-4-13;/h3-10H,11-12H2,1-2H3;1H/q+1;/p-1. The molecule has 0 N–H and O–H groups in total. The number of pyridine rings is 1. The van der Waals surface area contributed by atoms with Crippen molar-refractivity contribution in [2.45, 2.75) is 6.54 Å². The number of nitrogens with zero attached hydrogens (tertiary/aromatic N) is 2. The van der Waals surface area contributed by atoms with E-state index in [0.29, 0.717) is 17.7 Å². The van der Waals surface area contributed by atoms with Gasteiger partial charge in [0.1, 0.15) is 5.82 Å². The zero-order valence-electron chi connectivity index (χ0n) is 13.0. The molecule has 2 rings (SSSR count). The molecular formula is C17H18BrFN2O2. The van der Waals surface area contributed by atoms with Crippen LogP contribution in [0.1, 0.15) is 20.7 Å². The van der Waals surface area contributed by atoms with Crippen molar-refractivity contribution in [2.75, 3.05) is 20.6 Å². The first-order chi connectivity index (χ1) is 10.5. The van der Waals surface area contributed by atoms with E-state index in [1.54, 1.807) is 34.0 Å². The number of carbonyl (C=O) groups excluding carboxylic acids is 2. The molecule has 0 unspecified atom stereocenters. The van der Waals surface area contributed by atoms with E-state index in [1.165, 1.54) is 24.3 Å². The topological polar surface area (TPSA) is 41.3 Å². The van der Waals surface area contributed by atoms with Gasteiger partial charge in [-0.15, -0.1) is 0 Å². The van der Waals surface area contributed by atoms with Gasteiger partial charge in [-0.2, -0.15) is 4.57 Å². The fourth-order valence-corrected chi connectivity index (χ4v) is 2.02. The Kier molecular flexibility index (Phi) is 7.19. The highest BCUT2D eigenvalue weighted by atomic mass is 79.9. The lowest BCUT2D eigenvalue weighted by Gasteiger charge is -2.07. The van der Waals surface area contributed by atoms with Gasteiger partial charge in [-0.1, -0.05) is 0 Å². The summed E-state index contributed by atoms with van der Waals surface area (Å²) in [7, 11) is 3.67. The van der Waals surface area contributed by atoms with Crippen LogP contribution in [0.25, 0.3) is 0 Å². The van der Waals surface area contributed by atoms with Crippen LogP contribution in [0.3, 0.4) is 0 Å². The quantitative estimate of drug-likeness (QED) is 0.464. The minimum Gasteiger partial charge on any atom is -1.00 e. The van der Waals surface area contributed by atoms with Gasteiger partial charge in [-0.05, 0) is 38.4 Å². The molecule has 0 atom stereocenters. The van der Waals surface area contributed by atoms with Gasteiger partial charge in [0.2, 0.25) is 12.3 Å². The van der Waals surface area contributed by atoms with E-state index in [4.69, 9.17) is 0 Å². The third kappa shape index (κ3) is 5.65. The van der Waals surface area contributed by atoms with Gasteiger partial charge in [-0.25, -0.2) is 4.39 Å². The van der Waals surface area contributed by atoms with Crippen LogP contribution in [0.4, 0.5) is 4.39 Å². The van der Waals surface area contributed by atoms with Gasteiger partial charge in [0.05, 0.1) is 6.54 Å². The number of carbonyl (C=O) groups is 2. The summed E-state index contributed by atoms with van der Waals surface area (Å²) >= 11 is 0. The van der Waals surface area contributed by atoms with E-state index in [2.05, 4.69) is 0 Å². The Morgan fingerprint density at radius 2 is 1.48 bits per heavy atom. The van der Waals surface area contributed by atoms with Crippen molar-refractivity contribution >= 4 is 11.6 Å². The third-order valence-electron chi connectivity index (χ3n) is 3.17. The summed E-state index contributed by atoms with van der Waals surface area (Å²) in [6.07, 6.45) is 3.40. The molecule has 0 aliphatic rings. The summed E-state index contributed by atoms with van der Waals surface area (Å²) in [5, 5.41) is 0. The average molecular weight is 381 g/mol. The predicted octanol–water partition coefficient (Wildman–Crippen LogP) is -1.26. The highest BCUT2D eigenvalue weighted by Gasteiger charge is 2.14. The number of benzene rings is 1. The summed E-state index contributed by atoms with van der Waals surface area (Å²) in [4.78, 5) is 25.8. The smallest absolute Gasteiger partial charge is 0.227 e. The number of Topliss-reactive ketones (excluding diaryl/α,β-unsaturated/α-hetero) is 2. The zero-order chi connectivity index (χ0) is 16.1. The van der Waals surface area contributed by atoms with Gasteiger partial charge in [0.15, 0.2) is 18.2 Å².